The first-order valence-electron chi connectivity index (χ1n) is 5.38. The van der Waals surface area contributed by atoms with Crippen LogP contribution in [-0.4, -0.2) is 23.9 Å². The molecule has 5 atom stereocenters. The Balaban J connectivity index is 2.66. The largest absolute Gasteiger partial charge is 0.394 e. The molecule has 1 fully saturated rings. The predicted octanol–water partition coefficient (Wildman–Crippen LogP) is 2.06. The molecular weight excluding hydrogens is 164 g/mol. The summed E-state index contributed by atoms with van der Waals surface area (Å²) in [5, 5.41) is 9.15. The number of hydrogen-bond donors (Lipinski definition) is 1. The van der Waals surface area contributed by atoms with Gasteiger partial charge in [0.2, 0.25) is 0 Å². The number of ether oxygens (including phenoxy) is 1. The van der Waals surface area contributed by atoms with Crippen molar-refractivity contribution in [2.75, 3.05) is 6.61 Å². The summed E-state index contributed by atoms with van der Waals surface area (Å²) in [7, 11) is 0. The summed E-state index contributed by atoms with van der Waals surface area (Å²) in [4.78, 5) is 0. The smallest absolute Gasteiger partial charge is 0.0837 e. The number of aliphatic hydroxyl groups excluding tert-OH is 1. The molecule has 0 aromatic carbocycles. The maximum Gasteiger partial charge on any atom is 0.0837 e. The normalized spacial score (nSPS) is 46.4. The zero-order valence-electron chi connectivity index (χ0n) is 9.16. The second-order valence-corrected chi connectivity index (χ2v) is 4.38. The highest BCUT2D eigenvalue weighted by molar-refractivity contribution is 4.84. The molecule has 1 rings (SSSR count). The van der Waals surface area contributed by atoms with Crippen LogP contribution in [0.2, 0.25) is 0 Å². The monoisotopic (exact) mass is 186 g/mol. The van der Waals surface area contributed by atoms with E-state index in [1.165, 1.54) is 0 Å². The van der Waals surface area contributed by atoms with Gasteiger partial charge in [-0.3, -0.25) is 0 Å². The predicted molar refractivity (Wildman–Crippen MR) is 53.5 cm³/mol. The second-order valence-electron chi connectivity index (χ2n) is 4.38. The Morgan fingerprint density at radius 1 is 1.00 bits per heavy atom. The van der Waals surface area contributed by atoms with Crippen LogP contribution in [0.1, 0.15) is 34.1 Å². The zero-order valence-corrected chi connectivity index (χ0v) is 9.16. The van der Waals surface area contributed by atoms with Crippen molar-refractivity contribution in [3.8, 4) is 0 Å². The molecular formula is C11H22O2. The van der Waals surface area contributed by atoms with E-state index in [-0.39, 0.29) is 12.7 Å². The first-order valence-corrected chi connectivity index (χ1v) is 5.38. The van der Waals surface area contributed by atoms with Crippen molar-refractivity contribution in [2.24, 2.45) is 17.8 Å². The van der Waals surface area contributed by atoms with Crippen LogP contribution in [0, 0.1) is 17.8 Å². The molecule has 0 aromatic rings. The van der Waals surface area contributed by atoms with E-state index in [2.05, 4.69) is 27.7 Å². The molecule has 13 heavy (non-hydrogen) atoms. The van der Waals surface area contributed by atoms with Gasteiger partial charge in [0.05, 0.1) is 18.8 Å². The minimum Gasteiger partial charge on any atom is -0.394 e. The SMILES string of the molecule is CC[C@@H]1O[C@H](CO)[C@@H](C)[C@H](C)[C@H]1C. The van der Waals surface area contributed by atoms with E-state index in [4.69, 9.17) is 9.84 Å². The molecule has 1 aliphatic rings. The van der Waals surface area contributed by atoms with Crippen molar-refractivity contribution >= 4 is 0 Å². The van der Waals surface area contributed by atoms with Gasteiger partial charge in [-0.1, -0.05) is 27.7 Å². The lowest BCUT2D eigenvalue weighted by atomic mass is 9.76. The lowest BCUT2D eigenvalue weighted by molar-refractivity contribution is -0.148. The molecule has 0 bridgehead atoms. The van der Waals surface area contributed by atoms with Gasteiger partial charge in [-0.05, 0) is 24.2 Å². The summed E-state index contributed by atoms with van der Waals surface area (Å²) in [6.07, 6.45) is 1.44. The van der Waals surface area contributed by atoms with Crippen LogP contribution in [0.25, 0.3) is 0 Å². The van der Waals surface area contributed by atoms with Gasteiger partial charge < -0.3 is 9.84 Å². The van der Waals surface area contributed by atoms with Gasteiger partial charge in [-0.25, -0.2) is 0 Å². The molecule has 0 saturated carbocycles. The van der Waals surface area contributed by atoms with Crippen LogP contribution in [0.15, 0.2) is 0 Å². The van der Waals surface area contributed by atoms with Crippen LogP contribution >= 0.6 is 0 Å². The van der Waals surface area contributed by atoms with Crippen LogP contribution < -0.4 is 0 Å². The fourth-order valence-electron chi connectivity index (χ4n) is 2.31. The van der Waals surface area contributed by atoms with E-state index in [0.29, 0.717) is 23.9 Å². The van der Waals surface area contributed by atoms with Crippen molar-refractivity contribution in [3.05, 3.63) is 0 Å². The van der Waals surface area contributed by atoms with Gasteiger partial charge in [0.1, 0.15) is 0 Å². The topological polar surface area (TPSA) is 29.5 Å². The third kappa shape index (κ3) is 2.05. The molecule has 2 heteroatoms. The summed E-state index contributed by atoms with van der Waals surface area (Å²) >= 11 is 0. The molecule has 0 aromatic heterocycles. The van der Waals surface area contributed by atoms with E-state index >= 15 is 0 Å². The average molecular weight is 186 g/mol. The minimum atomic E-state index is 0.0520. The summed E-state index contributed by atoms with van der Waals surface area (Å²) in [5.74, 6) is 1.74. The molecule has 1 aliphatic heterocycles. The van der Waals surface area contributed by atoms with E-state index in [1.54, 1.807) is 0 Å². The van der Waals surface area contributed by atoms with Gasteiger partial charge in [0.15, 0.2) is 0 Å². The Morgan fingerprint density at radius 2 is 1.54 bits per heavy atom. The highest BCUT2D eigenvalue weighted by Gasteiger charge is 2.37. The Hall–Kier alpha value is -0.0800. The van der Waals surface area contributed by atoms with Gasteiger partial charge >= 0.3 is 0 Å². The molecule has 1 N–H and O–H groups in total. The Morgan fingerprint density at radius 3 is 2.00 bits per heavy atom. The first kappa shape index (κ1) is 11.0. The third-order valence-electron chi connectivity index (χ3n) is 3.76. The van der Waals surface area contributed by atoms with Crippen molar-refractivity contribution in [1.29, 1.82) is 0 Å². The Kier molecular flexibility index (Phi) is 3.74. The van der Waals surface area contributed by atoms with Crippen molar-refractivity contribution < 1.29 is 9.84 Å². The molecule has 1 saturated heterocycles. The van der Waals surface area contributed by atoms with Crippen LogP contribution in [0.4, 0.5) is 0 Å². The van der Waals surface area contributed by atoms with Crippen LogP contribution in [-0.2, 0) is 4.74 Å². The molecule has 78 valence electrons. The lowest BCUT2D eigenvalue weighted by Gasteiger charge is -2.43. The molecule has 0 radical (unpaired) electrons. The van der Waals surface area contributed by atoms with E-state index in [1.807, 2.05) is 0 Å². The summed E-state index contributed by atoms with van der Waals surface area (Å²) in [6.45, 7) is 9.01. The van der Waals surface area contributed by atoms with Crippen LogP contribution in [0.3, 0.4) is 0 Å². The molecule has 0 aliphatic carbocycles. The van der Waals surface area contributed by atoms with Gasteiger partial charge in [0.25, 0.3) is 0 Å². The molecule has 1 heterocycles. The van der Waals surface area contributed by atoms with Crippen molar-refractivity contribution in [1.82, 2.24) is 0 Å². The fraction of sp³-hybridized carbons (Fsp3) is 1.00. The fourth-order valence-corrected chi connectivity index (χ4v) is 2.31. The number of aliphatic hydroxyl groups is 1. The summed E-state index contributed by atoms with van der Waals surface area (Å²) in [5.41, 5.74) is 0. The number of rotatable bonds is 2. The molecule has 0 spiro atoms. The molecule has 2 nitrogen and oxygen atoms in total. The molecule has 0 unspecified atom stereocenters. The zero-order chi connectivity index (χ0) is 10.0. The van der Waals surface area contributed by atoms with E-state index in [9.17, 15) is 0 Å². The Labute approximate surface area is 81.3 Å². The standard InChI is InChI=1S/C11H22O2/c1-5-10-8(3)7(2)9(4)11(6-12)13-10/h7-12H,5-6H2,1-4H3/t7-,8-,9+,10+,11-/m1/s1. The van der Waals surface area contributed by atoms with Gasteiger partial charge in [-0.15, -0.1) is 0 Å². The maximum atomic E-state index is 9.15. The highest BCUT2D eigenvalue weighted by atomic mass is 16.5. The molecule has 0 amide bonds. The minimum absolute atomic E-state index is 0.0520. The number of hydrogen-bond acceptors (Lipinski definition) is 2. The lowest BCUT2D eigenvalue weighted by Crippen LogP contribution is -2.45. The second kappa shape index (κ2) is 4.43. The quantitative estimate of drug-likeness (QED) is 0.715. The van der Waals surface area contributed by atoms with Crippen molar-refractivity contribution in [2.45, 2.75) is 46.3 Å². The average Bonchev–Trinajstić information content (AvgIpc) is 2.15. The Bertz CT molecular complexity index is 138. The summed E-state index contributed by atoms with van der Waals surface area (Å²) < 4.78 is 5.83. The summed E-state index contributed by atoms with van der Waals surface area (Å²) in [6, 6.07) is 0. The van der Waals surface area contributed by atoms with Crippen molar-refractivity contribution in [3.63, 3.8) is 0 Å². The van der Waals surface area contributed by atoms with Gasteiger partial charge in [-0.2, -0.15) is 0 Å². The first-order chi connectivity index (χ1) is 6.11. The highest BCUT2D eigenvalue weighted by Crippen LogP contribution is 2.35. The van der Waals surface area contributed by atoms with E-state index < -0.39 is 0 Å². The maximum absolute atomic E-state index is 9.15. The third-order valence-corrected chi connectivity index (χ3v) is 3.76. The van der Waals surface area contributed by atoms with Crippen LogP contribution in [0.5, 0.6) is 0 Å². The van der Waals surface area contributed by atoms with E-state index in [0.717, 1.165) is 6.42 Å². The van der Waals surface area contributed by atoms with Gasteiger partial charge in [0, 0.05) is 0 Å².